The highest BCUT2D eigenvalue weighted by molar-refractivity contribution is 14.1. The Bertz CT molecular complexity index is 336. The van der Waals surface area contributed by atoms with Gasteiger partial charge < -0.3 is 5.11 Å². The lowest BCUT2D eigenvalue weighted by atomic mass is 10.1. The fraction of sp³-hybridized carbons (Fsp3) is 0.125. The van der Waals surface area contributed by atoms with Crippen LogP contribution in [0, 0.1) is 16.3 Å². The molecular weight excluding hydrogens is 274 g/mol. The minimum Gasteiger partial charge on any atom is -0.478 e. The van der Waals surface area contributed by atoms with Crippen molar-refractivity contribution in [3.8, 4) is 0 Å². The maximum atomic E-state index is 12.9. The molecule has 0 saturated carbocycles. The predicted molar refractivity (Wildman–Crippen MR) is 50.8 cm³/mol. The van der Waals surface area contributed by atoms with Crippen molar-refractivity contribution in [2.45, 2.75) is 6.92 Å². The molecule has 0 bridgehead atoms. The van der Waals surface area contributed by atoms with Crippen molar-refractivity contribution in [1.29, 1.82) is 0 Å². The highest BCUT2D eigenvalue weighted by Gasteiger charge is 2.10. The number of hydrogen-bond donors (Lipinski definition) is 1. The van der Waals surface area contributed by atoms with E-state index in [-0.39, 0.29) is 5.56 Å². The number of carbonyl (C=O) groups is 1. The molecule has 2 nitrogen and oxygen atoms in total. The predicted octanol–water partition coefficient (Wildman–Crippen LogP) is 2.44. The van der Waals surface area contributed by atoms with Crippen LogP contribution < -0.4 is 0 Å². The Morgan fingerprint density at radius 1 is 1.58 bits per heavy atom. The van der Waals surface area contributed by atoms with Crippen LogP contribution in [-0.4, -0.2) is 11.1 Å². The zero-order chi connectivity index (χ0) is 9.30. The largest absolute Gasteiger partial charge is 0.478 e. The summed E-state index contributed by atoms with van der Waals surface area (Å²) in [6, 6.07) is 2.55. The fourth-order valence-corrected chi connectivity index (χ4v) is 1.66. The molecule has 12 heavy (non-hydrogen) atoms. The highest BCUT2D eigenvalue weighted by Crippen LogP contribution is 2.17. The van der Waals surface area contributed by atoms with E-state index in [0.29, 0.717) is 9.13 Å². The number of benzene rings is 1. The van der Waals surface area contributed by atoms with Crippen LogP contribution in [0.1, 0.15) is 15.9 Å². The first kappa shape index (κ1) is 9.44. The van der Waals surface area contributed by atoms with Crippen LogP contribution in [0.4, 0.5) is 4.39 Å². The van der Waals surface area contributed by atoms with Gasteiger partial charge in [-0.15, -0.1) is 0 Å². The smallest absolute Gasteiger partial charge is 0.336 e. The molecule has 1 aromatic carbocycles. The maximum absolute atomic E-state index is 12.9. The Kier molecular flexibility index (Phi) is 2.66. The third kappa shape index (κ3) is 1.74. The lowest BCUT2D eigenvalue weighted by Crippen LogP contribution is -2.01. The van der Waals surface area contributed by atoms with Crippen LogP contribution in [0.2, 0.25) is 0 Å². The molecule has 0 aromatic heterocycles. The molecule has 1 rings (SSSR count). The molecule has 0 fully saturated rings. The molecule has 0 aliphatic rings. The van der Waals surface area contributed by atoms with E-state index in [1.807, 2.05) is 22.6 Å². The topological polar surface area (TPSA) is 37.3 Å². The third-order valence-corrected chi connectivity index (χ3v) is 2.37. The molecule has 0 atom stereocenters. The zero-order valence-corrected chi connectivity index (χ0v) is 8.42. The van der Waals surface area contributed by atoms with Crippen LogP contribution in [0.25, 0.3) is 0 Å². The van der Waals surface area contributed by atoms with E-state index < -0.39 is 11.8 Å². The molecule has 64 valence electrons. The number of halogens is 2. The number of hydrogen-bond acceptors (Lipinski definition) is 1. The van der Waals surface area contributed by atoms with Crippen molar-refractivity contribution in [1.82, 2.24) is 0 Å². The van der Waals surface area contributed by atoms with Gasteiger partial charge in [-0.3, -0.25) is 0 Å². The number of carboxylic acids is 1. The summed E-state index contributed by atoms with van der Waals surface area (Å²) in [4.78, 5) is 10.5. The highest BCUT2D eigenvalue weighted by atomic mass is 127. The van der Waals surface area contributed by atoms with Gasteiger partial charge in [-0.05, 0) is 47.2 Å². The van der Waals surface area contributed by atoms with Crippen molar-refractivity contribution in [2.75, 3.05) is 0 Å². The van der Waals surface area contributed by atoms with Crippen LogP contribution in [0.15, 0.2) is 12.1 Å². The van der Waals surface area contributed by atoms with E-state index in [1.165, 1.54) is 6.07 Å². The first-order chi connectivity index (χ1) is 5.52. The van der Waals surface area contributed by atoms with Crippen molar-refractivity contribution >= 4 is 28.6 Å². The molecule has 4 heteroatoms. The van der Waals surface area contributed by atoms with Gasteiger partial charge in [0.1, 0.15) is 5.82 Å². The lowest BCUT2D eigenvalue weighted by Gasteiger charge is -2.01. The van der Waals surface area contributed by atoms with E-state index in [4.69, 9.17) is 5.11 Å². The molecule has 0 amide bonds. The Balaban J connectivity index is 3.33. The maximum Gasteiger partial charge on any atom is 0.336 e. The summed E-state index contributed by atoms with van der Waals surface area (Å²) >= 11 is 1.87. The molecular formula is C8H6FIO2. The summed E-state index contributed by atoms with van der Waals surface area (Å²) in [5, 5.41) is 8.61. The van der Waals surface area contributed by atoms with Gasteiger partial charge in [-0.1, -0.05) is 0 Å². The summed E-state index contributed by atoms with van der Waals surface area (Å²) in [6.45, 7) is 1.60. The number of aromatic carboxylic acids is 1. The summed E-state index contributed by atoms with van der Waals surface area (Å²) in [5.41, 5.74) is 0.475. The van der Waals surface area contributed by atoms with E-state index in [1.54, 1.807) is 6.92 Å². The quantitative estimate of drug-likeness (QED) is 0.802. The Labute approximate surface area is 82.5 Å². The van der Waals surface area contributed by atoms with Gasteiger partial charge in [0.25, 0.3) is 0 Å². The second kappa shape index (κ2) is 3.38. The molecule has 0 radical (unpaired) electrons. The van der Waals surface area contributed by atoms with Gasteiger partial charge in [0.05, 0.1) is 5.56 Å². The minimum absolute atomic E-state index is 0.0127. The van der Waals surface area contributed by atoms with Gasteiger partial charge in [-0.25, -0.2) is 9.18 Å². The van der Waals surface area contributed by atoms with Crippen molar-refractivity contribution in [2.24, 2.45) is 0 Å². The second-order valence-corrected chi connectivity index (χ2v) is 3.55. The van der Waals surface area contributed by atoms with Crippen molar-refractivity contribution in [3.63, 3.8) is 0 Å². The molecule has 1 N–H and O–H groups in total. The number of carboxylic acid groups (broad SMARTS) is 1. The van der Waals surface area contributed by atoms with E-state index >= 15 is 0 Å². The Hall–Kier alpha value is -0.650. The summed E-state index contributed by atoms with van der Waals surface area (Å²) < 4.78 is 13.4. The Morgan fingerprint density at radius 2 is 2.17 bits per heavy atom. The second-order valence-electron chi connectivity index (χ2n) is 2.39. The van der Waals surface area contributed by atoms with Gasteiger partial charge in [0.15, 0.2) is 0 Å². The molecule has 0 saturated heterocycles. The van der Waals surface area contributed by atoms with Gasteiger partial charge in [0.2, 0.25) is 0 Å². The summed E-state index contributed by atoms with van der Waals surface area (Å²) in [7, 11) is 0. The molecule has 0 unspecified atom stereocenters. The fourth-order valence-electron chi connectivity index (χ4n) is 0.810. The number of aryl methyl sites for hydroxylation is 1. The average Bonchev–Trinajstić information content (AvgIpc) is 1.96. The first-order valence-electron chi connectivity index (χ1n) is 3.21. The van der Waals surface area contributed by atoms with Crippen LogP contribution >= 0.6 is 22.6 Å². The van der Waals surface area contributed by atoms with Crippen LogP contribution in [0.3, 0.4) is 0 Å². The average molecular weight is 280 g/mol. The first-order valence-corrected chi connectivity index (χ1v) is 4.29. The van der Waals surface area contributed by atoms with Crippen molar-refractivity contribution < 1.29 is 14.3 Å². The van der Waals surface area contributed by atoms with E-state index in [0.717, 1.165) is 6.07 Å². The van der Waals surface area contributed by atoms with E-state index in [9.17, 15) is 9.18 Å². The molecule has 1 aromatic rings. The molecule has 0 heterocycles. The summed E-state index contributed by atoms with van der Waals surface area (Å²) in [6.07, 6.45) is 0. The molecule has 0 spiro atoms. The van der Waals surface area contributed by atoms with Gasteiger partial charge in [0, 0.05) is 3.57 Å². The standard InChI is InChI=1S/C8H6FIO2/c1-4-2-7(10)5(8(11)12)3-6(4)9/h2-3H,1H3,(H,11,12). The van der Waals surface area contributed by atoms with Crippen molar-refractivity contribution in [3.05, 3.63) is 32.6 Å². The van der Waals surface area contributed by atoms with Crippen LogP contribution in [0.5, 0.6) is 0 Å². The van der Waals surface area contributed by atoms with Gasteiger partial charge in [-0.2, -0.15) is 0 Å². The molecule has 0 aliphatic carbocycles. The SMILES string of the molecule is Cc1cc(I)c(C(=O)O)cc1F. The lowest BCUT2D eigenvalue weighted by molar-refractivity contribution is 0.0695. The number of rotatable bonds is 1. The summed E-state index contributed by atoms with van der Waals surface area (Å²) in [5.74, 6) is -1.58. The van der Waals surface area contributed by atoms with Gasteiger partial charge >= 0.3 is 5.97 Å². The normalized spacial score (nSPS) is 9.92. The van der Waals surface area contributed by atoms with Crippen LogP contribution in [-0.2, 0) is 0 Å². The third-order valence-electron chi connectivity index (χ3n) is 1.48. The van der Waals surface area contributed by atoms with E-state index in [2.05, 4.69) is 0 Å². The Morgan fingerprint density at radius 3 is 2.67 bits per heavy atom. The minimum atomic E-state index is -1.10. The zero-order valence-electron chi connectivity index (χ0n) is 6.27. The molecule has 0 aliphatic heterocycles. The monoisotopic (exact) mass is 280 g/mol.